The first-order chi connectivity index (χ1) is 22.8. The number of rotatable bonds is 12. The van der Waals surface area contributed by atoms with Crippen molar-refractivity contribution in [3.8, 4) is 34.5 Å². The van der Waals surface area contributed by atoms with Crippen molar-refractivity contribution in [2.45, 2.75) is 32.1 Å². The molecule has 1 aliphatic heterocycles. The summed E-state index contributed by atoms with van der Waals surface area (Å²) in [5.41, 5.74) is 6.88. The first-order valence-corrected chi connectivity index (χ1v) is 15.5. The molecule has 2 aromatic heterocycles. The zero-order valence-corrected chi connectivity index (χ0v) is 26.1. The van der Waals surface area contributed by atoms with E-state index in [-0.39, 0.29) is 23.1 Å². The second-order valence-corrected chi connectivity index (χ2v) is 11.6. The maximum absolute atomic E-state index is 15.5. The van der Waals surface area contributed by atoms with Crippen LogP contribution < -0.4 is 19.9 Å². The number of carbonyl (C=O) groups is 1. The average Bonchev–Trinajstić information content (AvgIpc) is 3.54. The first kappa shape index (κ1) is 31.9. The summed E-state index contributed by atoms with van der Waals surface area (Å²) in [5.74, 6) is -1.17. The number of aromatic nitrogens is 3. The van der Waals surface area contributed by atoms with Gasteiger partial charge in [0.05, 0.1) is 19.2 Å². The molecule has 2 N–H and O–H groups in total. The molecule has 1 aliphatic rings. The van der Waals surface area contributed by atoms with Crippen molar-refractivity contribution in [3.63, 3.8) is 0 Å². The number of benzene rings is 3. The van der Waals surface area contributed by atoms with Gasteiger partial charge in [-0.2, -0.15) is 0 Å². The molecule has 10 nitrogen and oxygen atoms in total. The Morgan fingerprint density at radius 1 is 1.00 bits per heavy atom. The van der Waals surface area contributed by atoms with Crippen molar-refractivity contribution in [1.82, 2.24) is 20.1 Å². The van der Waals surface area contributed by atoms with Gasteiger partial charge in [-0.1, -0.05) is 13.0 Å². The molecule has 47 heavy (non-hydrogen) atoms. The largest absolute Gasteiger partial charge is 0.493 e. The molecular formula is C35H35F2N5O5. The molecule has 1 fully saturated rings. The highest BCUT2D eigenvalue weighted by Crippen LogP contribution is 2.38. The molecule has 0 saturated carbocycles. The van der Waals surface area contributed by atoms with Gasteiger partial charge in [-0.3, -0.25) is 9.78 Å². The van der Waals surface area contributed by atoms with Gasteiger partial charge >= 0.3 is 0 Å². The van der Waals surface area contributed by atoms with E-state index in [1.807, 2.05) is 0 Å². The third kappa shape index (κ3) is 7.33. The van der Waals surface area contributed by atoms with Crippen molar-refractivity contribution < 1.29 is 32.2 Å². The van der Waals surface area contributed by atoms with Gasteiger partial charge < -0.3 is 29.3 Å². The normalized spacial score (nSPS) is 14.6. The summed E-state index contributed by atoms with van der Waals surface area (Å²) in [6.45, 7) is 6.07. The summed E-state index contributed by atoms with van der Waals surface area (Å²) in [7, 11) is 1.55. The Kier molecular flexibility index (Phi) is 9.58. The van der Waals surface area contributed by atoms with E-state index in [0.717, 1.165) is 38.0 Å². The number of nitrogens with zero attached hydrogens (tertiary/aromatic N) is 4. The van der Waals surface area contributed by atoms with E-state index < -0.39 is 23.5 Å². The molecule has 3 aromatic carbocycles. The summed E-state index contributed by atoms with van der Waals surface area (Å²) in [6.07, 6.45) is 4.92. The number of halogens is 2. The lowest BCUT2D eigenvalue weighted by atomic mass is 9.98. The summed E-state index contributed by atoms with van der Waals surface area (Å²) in [6, 6.07) is 14.6. The number of hydrogen-bond donors (Lipinski definition) is 1. The SMILES string of the molecule is COc1cc2c(Oc3ccc(C(C(N)=O)c4nnc(-c5ccc(F)cc5)o4)cc3F)ccnc2cc1OCCCN1CCC(C)CC1. The highest BCUT2D eigenvalue weighted by Gasteiger charge is 2.28. The molecule has 1 saturated heterocycles. The minimum absolute atomic E-state index is 0.0624. The Balaban J connectivity index is 1.17. The van der Waals surface area contributed by atoms with Crippen molar-refractivity contribution in [1.29, 1.82) is 0 Å². The molecule has 244 valence electrons. The fourth-order valence-electron chi connectivity index (χ4n) is 5.63. The lowest BCUT2D eigenvalue weighted by Crippen LogP contribution is -2.34. The molecule has 0 aliphatic carbocycles. The summed E-state index contributed by atoms with van der Waals surface area (Å²) >= 11 is 0. The fourth-order valence-corrected chi connectivity index (χ4v) is 5.63. The van der Waals surface area contributed by atoms with Gasteiger partial charge in [-0.15, -0.1) is 10.2 Å². The third-order valence-electron chi connectivity index (χ3n) is 8.31. The van der Waals surface area contributed by atoms with Crippen molar-refractivity contribution >= 4 is 16.8 Å². The van der Waals surface area contributed by atoms with Crippen LogP contribution in [0.3, 0.4) is 0 Å². The average molecular weight is 644 g/mol. The van der Waals surface area contributed by atoms with E-state index in [4.69, 9.17) is 24.4 Å². The highest BCUT2D eigenvalue weighted by atomic mass is 19.1. The van der Waals surface area contributed by atoms with Crippen molar-refractivity contribution in [2.24, 2.45) is 11.7 Å². The molecule has 12 heteroatoms. The van der Waals surface area contributed by atoms with Crippen LogP contribution in [0.25, 0.3) is 22.4 Å². The van der Waals surface area contributed by atoms with E-state index in [1.54, 1.807) is 31.5 Å². The van der Waals surface area contributed by atoms with Crippen LogP contribution in [0.1, 0.15) is 43.6 Å². The molecule has 0 bridgehead atoms. The topological polar surface area (TPSA) is 126 Å². The molecule has 1 atom stereocenters. The zero-order chi connectivity index (χ0) is 32.9. The Bertz CT molecular complexity index is 1860. The number of likely N-dealkylation sites (tertiary alicyclic amines) is 1. The molecule has 0 radical (unpaired) electrons. The minimum atomic E-state index is -1.23. The highest BCUT2D eigenvalue weighted by molar-refractivity contribution is 5.88. The van der Waals surface area contributed by atoms with Crippen LogP contribution in [-0.4, -0.2) is 59.3 Å². The van der Waals surface area contributed by atoms with Crippen LogP contribution >= 0.6 is 0 Å². The maximum Gasteiger partial charge on any atom is 0.247 e. The molecule has 5 aromatic rings. The van der Waals surface area contributed by atoms with Gasteiger partial charge in [0, 0.05) is 29.8 Å². The molecule has 1 amide bonds. The number of fused-ring (bicyclic) bond motifs is 1. The second-order valence-electron chi connectivity index (χ2n) is 11.6. The second kappa shape index (κ2) is 14.1. The lowest BCUT2D eigenvalue weighted by molar-refractivity contribution is -0.118. The number of piperidine rings is 1. The number of nitrogens with two attached hydrogens (primary N) is 1. The third-order valence-corrected chi connectivity index (χ3v) is 8.31. The number of ether oxygens (including phenoxy) is 3. The molecule has 3 heterocycles. The molecular weight excluding hydrogens is 608 g/mol. The van der Waals surface area contributed by atoms with Crippen molar-refractivity contribution in [3.05, 3.63) is 89.9 Å². The summed E-state index contributed by atoms with van der Waals surface area (Å²) in [5, 5.41) is 8.48. The first-order valence-electron chi connectivity index (χ1n) is 15.5. The number of pyridine rings is 1. The number of hydrogen-bond acceptors (Lipinski definition) is 9. The number of amides is 1. The monoisotopic (exact) mass is 643 g/mol. The summed E-state index contributed by atoms with van der Waals surface area (Å²) < 4.78 is 52.1. The number of primary amides is 1. The predicted molar refractivity (Wildman–Crippen MR) is 170 cm³/mol. The quantitative estimate of drug-likeness (QED) is 0.152. The van der Waals surface area contributed by atoms with Gasteiger partial charge in [-0.05, 0) is 92.4 Å². The predicted octanol–water partition coefficient (Wildman–Crippen LogP) is 6.48. The Morgan fingerprint density at radius 3 is 2.51 bits per heavy atom. The van der Waals surface area contributed by atoms with E-state index >= 15 is 4.39 Å². The van der Waals surface area contributed by atoms with Crippen molar-refractivity contribution in [2.75, 3.05) is 33.4 Å². The standard InChI is InChI=1S/C35H35F2N5O5/c1-21-11-15-42(16-12-21)14-3-17-45-31-20-27-25(19-30(31)44-2)28(10-13-39-27)46-29-9-6-23(18-26(29)37)32(33(38)43)35-41-40-34(47-35)22-4-7-24(36)8-5-22/h4-10,13,18-21,32H,3,11-12,14-17H2,1-2H3,(H2,38,43). The van der Waals surface area contributed by atoms with Crippen LogP contribution in [0, 0.1) is 17.6 Å². The Hall–Kier alpha value is -5.10. The number of methoxy groups -OCH3 is 1. The van der Waals surface area contributed by atoms with Gasteiger partial charge in [-0.25, -0.2) is 8.78 Å². The zero-order valence-electron chi connectivity index (χ0n) is 26.1. The minimum Gasteiger partial charge on any atom is -0.493 e. The lowest BCUT2D eigenvalue weighted by Gasteiger charge is -2.30. The van der Waals surface area contributed by atoms with Crippen LogP contribution in [0.15, 0.2) is 71.3 Å². The van der Waals surface area contributed by atoms with E-state index in [0.29, 0.717) is 40.3 Å². The Morgan fingerprint density at radius 2 is 1.79 bits per heavy atom. The van der Waals surface area contributed by atoms with Gasteiger partial charge in [0.2, 0.25) is 17.7 Å². The van der Waals surface area contributed by atoms with Crippen LogP contribution in [0.2, 0.25) is 0 Å². The van der Waals surface area contributed by atoms with Crippen LogP contribution in [0.5, 0.6) is 23.0 Å². The van der Waals surface area contributed by atoms with E-state index in [1.165, 1.54) is 49.2 Å². The van der Waals surface area contributed by atoms with Gasteiger partial charge in [0.15, 0.2) is 23.1 Å². The summed E-state index contributed by atoms with van der Waals surface area (Å²) in [4.78, 5) is 19.4. The Labute approximate surface area is 270 Å². The fraction of sp³-hybridized carbons (Fsp3) is 0.314. The van der Waals surface area contributed by atoms with Gasteiger partial charge in [0.1, 0.15) is 17.5 Å². The smallest absolute Gasteiger partial charge is 0.247 e. The molecule has 0 spiro atoms. The molecule has 6 rings (SSSR count). The van der Waals surface area contributed by atoms with Crippen LogP contribution in [0.4, 0.5) is 8.78 Å². The van der Waals surface area contributed by atoms with E-state index in [2.05, 4.69) is 27.0 Å². The van der Waals surface area contributed by atoms with E-state index in [9.17, 15) is 9.18 Å². The number of carbonyl (C=O) groups excluding carboxylic acids is 1. The van der Waals surface area contributed by atoms with Crippen LogP contribution in [-0.2, 0) is 4.79 Å². The molecule has 1 unspecified atom stereocenters. The van der Waals surface area contributed by atoms with Gasteiger partial charge in [0.25, 0.3) is 0 Å². The maximum atomic E-state index is 15.5.